The quantitative estimate of drug-likeness (QED) is 0.707. The number of ether oxygens (including phenoxy) is 1. The Morgan fingerprint density at radius 3 is 2.47 bits per heavy atom. The van der Waals surface area contributed by atoms with Gasteiger partial charge in [0.1, 0.15) is 11.6 Å². The Morgan fingerprint density at radius 2 is 1.80 bits per heavy atom. The summed E-state index contributed by atoms with van der Waals surface area (Å²) < 4.78 is 5.53. The molecule has 1 aromatic heterocycles. The monoisotopic (exact) mass is 400 g/mol. The molecule has 1 aliphatic rings. The first-order valence-electron chi connectivity index (χ1n) is 9.78. The molecule has 0 radical (unpaired) electrons. The molecule has 1 amide bonds. The van der Waals surface area contributed by atoms with Crippen LogP contribution in [-0.2, 0) is 13.0 Å². The third-order valence-electron chi connectivity index (χ3n) is 5.01. The number of hydrogen-bond acceptors (Lipinski definition) is 5. The molecule has 0 aliphatic carbocycles. The van der Waals surface area contributed by atoms with Gasteiger partial charge in [0.15, 0.2) is 0 Å². The summed E-state index contributed by atoms with van der Waals surface area (Å²) in [6.45, 7) is 0.835. The van der Waals surface area contributed by atoms with Gasteiger partial charge >= 0.3 is 0 Å². The van der Waals surface area contributed by atoms with E-state index in [-0.39, 0.29) is 5.91 Å². The van der Waals surface area contributed by atoms with Crippen molar-refractivity contribution in [3.63, 3.8) is 0 Å². The van der Waals surface area contributed by atoms with Gasteiger partial charge < -0.3 is 15.0 Å². The van der Waals surface area contributed by atoms with E-state index in [1.54, 1.807) is 19.5 Å². The van der Waals surface area contributed by atoms with E-state index in [0.717, 1.165) is 40.2 Å². The highest BCUT2D eigenvalue weighted by Gasteiger charge is 2.24. The van der Waals surface area contributed by atoms with Gasteiger partial charge in [-0.2, -0.15) is 0 Å². The predicted octanol–water partition coefficient (Wildman–Crippen LogP) is 3.83. The van der Waals surface area contributed by atoms with Crippen LogP contribution in [0.25, 0.3) is 11.1 Å². The predicted molar refractivity (Wildman–Crippen MR) is 118 cm³/mol. The molecule has 0 saturated heterocycles. The van der Waals surface area contributed by atoms with Crippen molar-refractivity contribution in [3.8, 4) is 16.9 Å². The molecule has 30 heavy (non-hydrogen) atoms. The highest BCUT2D eigenvalue weighted by molar-refractivity contribution is 6.10. The van der Waals surface area contributed by atoms with Crippen LogP contribution < -0.4 is 10.1 Å². The molecule has 3 aromatic rings. The number of amides is 1. The van der Waals surface area contributed by atoms with E-state index >= 15 is 0 Å². The topological polar surface area (TPSA) is 66.8 Å². The molecule has 1 N–H and O–H groups in total. The van der Waals surface area contributed by atoms with Crippen molar-refractivity contribution in [2.45, 2.75) is 13.0 Å². The lowest BCUT2D eigenvalue weighted by Crippen LogP contribution is -2.30. The van der Waals surface area contributed by atoms with Gasteiger partial charge in [0.05, 0.1) is 12.8 Å². The van der Waals surface area contributed by atoms with Crippen LogP contribution in [0.1, 0.15) is 21.5 Å². The highest BCUT2D eigenvalue weighted by Crippen LogP contribution is 2.41. The van der Waals surface area contributed by atoms with Gasteiger partial charge in [0.2, 0.25) is 0 Å². The van der Waals surface area contributed by atoms with Crippen LogP contribution in [0.2, 0.25) is 0 Å². The molecular formula is C24H24N4O2. The minimum Gasteiger partial charge on any atom is -0.496 e. The van der Waals surface area contributed by atoms with Crippen molar-refractivity contribution in [1.29, 1.82) is 0 Å². The minimum absolute atomic E-state index is 0.164. The summed E-state index contributed by atoms with van der Waals surface area (Å²) in [5.41, 5.74) is 5.59. The van der Waals surface area contributed by atoms with Crippen molar-refractivity contribution in [2.24, 2.45) is 4.99 Å². The summed E-state index contributed by atoms with van der Waals surface area (Å²) >= 11 is 0. The van der Waals surface area contributed by atoms with E-state index in [1.807, 2.05) is 62.6 Å². The van der Waals surface area contributed by atoms with Crippen LogP contribution in [0.3, 0.4) is 0 Å². The Balaban J connectivity index is 1.57. The summed E-state index contributed by atoms with van der Waals surface area (Å²) in [5.74, 6) is 1.22. The summed E-state index contributed by atoms with van der Waals surface area (Å²) in [6, 6.07) is 15.5. The van der Waals surface area contributed by atoms with Crippen molar-refractivity contribution in [3.05, 3.63) is 77.6 Å². The number of carbonyl (C=O) groups is 1. The largest absolute Gasteiger partial charge is 0.496 e. The molecule has 0 saturated carbocycles. The minimum atomic E-state index is -0.164. The molecule has 4 rings (SSSR count). The Kier molecular flexibility index (Phi) is 5.59. The number of amidine groups is 1. The maximum Gasteiger partial charge on any atom is 0.256 e. The van der Waals surface area contributed by atoms with Gasteiger partial charge in [-0.25, -0.2) is 4.99 Å². The highest BCUT2D eigenvalue weighted by atomic mass is 16.5. The fourth-order valence-electron chi connectivity index (χ4n) is 3.62. The van der Waals surface area contributed by atoms with Crippen LogP contribution in [0.15, 0.2) is 65.9 Å². The smallest absolute Gasteiger partial charge is 0.256 e. The number of rotatable bonds is 5. The Labute approximate surface area is 176 Å². The van der Waals surface area contributed by atoms with Crippen LogP contribution >= 0.6 is 0 Å². The first-order chi connectivity index (χ1) is 14.5. The Hall–Kier alpha value is -3.51. The average Bonchev–Trinajstić information content (AvgIpc) is 3.17. The molecule has 0 unspecified atom stereocenters. The van der Waals surface area contributed by atoms with Gasteiger partial charge in [-0.3, -0.25) is 9.78 Å². The van der Waals surface area contributed by atoms with E-state index in [4.69, 9.17) is 9.73 Å². The van der Waals surface area contributed by atoms with Crippen molar-refractivity contribution in [2.75, 3.05) is 21.2 Å². The van der Waals surface area contributed by atoms with E-state index in [9.17, 15) is 4.79 Å². The lowest BCUT2D eigenvalue weighted by molar-refractivity contribution is 0.0976. The molecule has 0 spiro atoms. The van der Waals surface area contributed by atoms with Crippen LogP contribution in [0.5, 0.6) is 5.75 Å². The van der Waals surface area contributed by atoms with E-state index in [0.29, 0.717) is 17.8 Å². The summed E-state index contributed by atoms with van der Waals surface area (Å²) in [5, 5.41) is 2.97. The first kappa shape index (κ1) is 19.8. The zero-order chi connectivity index (χ0) is 21.1. The number of pyridine rings is 1. The van der Waals surface area contributed by atoms with Crippen LogP contribution in [-0.4, -0.2) is 42.8 Å². The first-order valence-corrected chi connectivity index (χ1v) is 9.78. The van der Waals surface area contributed by atoms with E-state index < -0.39 is 0 Å². The molecule has 0 bridgehead atoms. The van der Waals surface area contributed by atoms with E-state index in [1.165, 1.54) is 0 Å². The second-order valence-corrected chi connectivity index (χ2v) is 7.50. The molecular weight excluding hydrogens is 376 g/mol. The molecule has 2 aromatic carbocycles. The number of benzene rings is 2. The standard InChI is InChI=1S/C24H24N4O2/c1-28(2)15-16-4-6-18(7-5-16)24(29)27-22-14-20-21(30-3)9-8-19(23(20)26-22)17-10-12-25-13-11-17/h4-13H,14-15H2,1-3H3,(H,26,27,29). The number of methoxy groups -OCH3 is 1. The van der Waals surface area contributed by atoms with Gasteiger partial charge in [0.25, 0.3) is 5.91 Å². The molecule has 6 nitrogen and oxygen atoms in total. The van der Waals surface area contributed by atoms with Gasteiger partial charge in [0, 0.05) is 42.0 Å². The fraction of sp³-hybridized carbons (Fsp3) is 0.208. The SMILES string of the molecule is COc1ccc(-c2ccncc2)c2c1CC(NC(=O)c1ccc(CN(C)C)cc1)=N2. The third kappa shape index (κ3) is 4.09. The maximum atomic E-state index is 12.8. The Morgan fingerprint density at radius 1 is 1.07 bits per heavy atom. The van der Waals surface area contributed by atoms with Crippen LogP contribution in [0, 0.1) is 0 Å². The average molecular weight is 400 g/mol. The lowest BCUT2D eigenvalue weighted by atomic mass is 10.00. The number of carbonyl (C=O) groups excluding carboxylic acids is 1. The molecule has 152 valence electrons. The summed E-state index contributed by atoms with van der Waals surface area (Å²) in [4.78, 5) is 23.7. The van der Waals surface area contributed by atoms with Gasteiger partial charge in [-0.1, -0.05) is 12.1 Å². The summed E-state index contributed by atoms with van der Waals surface area (Å²) in [7, 11) is 5.68. The molecule has 2 heterocycles. The second kappa shape index (κ2) is 8.47. The normalized spacial score (nSPS) is 12.5. The van der Waals surface area contributed by atoms with Crippen molar-refractivity contribution < 1.29 is 9.53 Å². The zero-order valence-electron chi connectivity index (χ0n) is 17.3. The third-order valence-corrected chi connectivity index (χ3v) is 5.01. The van der Waals surface area contributed by atoms with Gasteiger partial charge in [-0.05, 0) is 61.6 Å². The van der Waals surface area contributed by atoms with Crippen molar-refractivity contribution in [1.82, 2.24) is 15.2 Å². The number of aliphatic imine (C=N–C) groups is 1. The number of hydrogen-bond donors (Lipinski definition) is 1. The second-order valence-electron chi connectivity index (χ2n) is 7.50. The maximum absolute atomic E-state index is 12.8. The number of fused-ring (bicyclic) bond motifs is 1. The molecule has 0 fully saturated rings. The van der Waals surface area contributed by atoms with E-state index in [2.05, 4.69) is 15.2 Å². The summed E-state index contributed by atoms with van der Waals surface area (Å²) in [6.07, 6.45) is 4.03. The van der Waals surface area contributed by atoms with Crippen molar-refractivity contribution >= 4 is 17.4 Å². The van der Waals surface area contributed by atoms with Gasteiger partial charge in [-0.15, -0.1) is 0 Å². The zero-order valence-corrected chi connectivity index (χ0v) is 17.3. The number of nitrogens with one attached hydrogen (secondary N) is 1. The lowest BCUT2D eigenvalue weighted by Gasteiger charge is -2.11. The molecule has 6 heteroatoms. The molecule has 1 aliphatic heterocycles. The van der Waals surface area contributed by atoms with Crippen LogP contribution in [0.4, 0.5) is 5.69 Å². The Bertz CT molecular complexity index is 1090. The fourth-order valence-corrected chi connectivity index (χ4v) is 3.62. The molecule has 0 atom stereocenters. The number of aromatic nitrogens is 1. The number of nitrogens with zero attached hydrogens (tertiary/aromatic N) is 3.